The number of nitrogens with zero attached hydrogens (tertiary/aromatic N) is 1. The Morgan fingerprint density at radius 1 is 1.06 bits per heavy atom. The van der Waals surface area contributed by atoms with Gasteiger partial charge >= 0.3 is 0 Å². The van der Waals surface area contributed by atoms with Crippen molar-refractivity contribution >= 4 is 23.6 Å². The lowest BCUT2D eigenvalue weighted by molar-refractivity contribution is -0.123. The van der Waals surface area contributed by atoms with Crippen molar-refractivity contribution in [3.05, 3.63) is 95.7 Å². The molecule has 6 heteroatoms. The summed E-state index contributed by atoms with van der Waals surface area (Å²) < 4.78 is 11.2. The van der Waals surface area contributed by atoms with Crippen LogP contribution in [0.15, 0.2) is 84.6 Å². The van der Waals surface area contributed by atoms with Crippen LogP contribution in [-0.4, -0.2) is 31.5 Å². The first kappa shape index (κ1) is 23.1. The van der Waals surface area contributed by atoms with Gasteiger partial charge in [-0.05, 0) is 61.2 Å². The van der Waals surface area contributed by atoms with E-state index >= 15 is 0 Å². The van der Waals surface area contributed by atoms with E-state index in [1.54, 1.807) is 25.3 Å². The molecule has 0 fully saturated rings. The third kappa shape index (κ3) is 5.64. The fraction of sp³-hybridized carbons (Fsp3) is 0.214. The van der Waals surface area contributed by atoms with Crippen LogP contribution in [-0.2, 0) is 16.0 Å². The number of hydrogen-bond donors (Lipinski definition) is 1. The highest BCUT2D eigenvalue weighted by atomic mass is 16.5. The van der Waals surface area contributed by atoms with Crippen molar-refractivity contribution in [2.45, 2.75) is 25.8 Å². The summed E-state index contributed by atoms with van der Waals surface area (Å²) in [5.41, 5.74) is 2.57. The molecule has 0 aromatic heterocycles. The van der Waals surface area contributed by atoms with E-state index in [9.17, 15) is 9.59 Å². The number of hydrogen-bond acceptors (Lipinski definition) is 4. The topological polar surface area (TPSA) is 67.9 Å². The largest absolute Gasteiger partial charge is 0.497 e. The van der Waals surface area contributed by atoms with Crippen LogP contribution in [0.5, 0.6) is 11.5 Å². The van der Waals surface area contributed by atoms with Gasteiger partial charge in [-0.3, -0.25) is 14.5 Å². The fourth-order valence-electron chi connectivity index (χ4n) is 3.87. The Morgan fingerprint density at radius 3 is 2.62 bits per heavy atom. The normalized spacial score (nSPS) is 14.8. The summed E-state index contributed by atoms with van der Waals surface area (Å²) in [5, 5.41) is 3.02. The van der Waals surface area contributed by atoms with Crippen LogP contribution in [0.25, 0.3) is 6.08 Å². The number of anilines is 1. The van der Waals surface area contributed by atoms with Crippen molar-refractivity contribution in [1.29, 1.82) is 0 Å². The Hall–Kier alpha value is -4.06. The number of nitrogens with one attached hydrogen (secondary N) is 1. The third-order valence-electron chi connectivity index (χ3n) is 5.64. The summed E-state index contributed by atoms with van der Waals surface area (Å²) in [5.74, 6) is 0.775. The van der Waals surface area contributed by atoms with Gasteiger partial charge in [0.05, 0.1) is 12.8 Å². The van der Waals surface area contributed by atoms with Gasteiger partial charge in [-0.25, -0.2) is 0 Å². The second-order valence-corrected chi connectivity index (χ2v) is 8.24. The number of aryl methyl sites for hydroxylation is 1. The monoisotopic (exact) mass is 456 g/mol. The summed E-state index contributed by atoms with van der Waals surface area (Å²) in [6.07, 6.45) is 3.34. The van der Waals surface area contributed by atoms with Crippen LogP contribution in [0.2, 0.25) is 0 Å². The zero-order chi connectivity index (χ0) is 23.9. The van der Waals surface area contributed by atoms with E-state index in [0.29, 0.717) is 17.2 Å². The number of carbonyl (C=O) groups excluding carboxylic acids is 2. The van der Waals surface area contributed by atoms with E-state index < -0.39 is 0 Å². The van der Waals surface area contributed by atoms with E-state index in [2.05, 4.69) is 17.4 Å². The van der Waals surface area contributed by atoms with Crippen LogP contribution in [0.4, 0.5) is 5.69 Å². The Kier molecular flexibility index (Phi) is 7.28. The zero-order valence-corrected chi connectivity index (χ0v) is 19.4. The van der Waals surface area contributed by atoms with Crippen LogP contribution in [0, 0.1) is 0 Å². The highest BCUT2D eigenvalue weighted by Gasteiger charge is 2.31. The Bertz CT molecular complexity index is 1190. The van der Waals surface area contributed by atoms with Gasteiger partial charge < -0.3 is 14.8 Å². The number of fused-ring (bicyclic) bond motifs is 1. The summed E-state index contributed by atoms with van der Waals surface area (Å²) in [4.78, 5) is 27.6. The van der Waals surface area contributed by atoms with Crippen molar-refractivity contribution in [2.24, 2.45) is 0 Å². The molecule has 1 heterocycles. The van der Waals surface area contributed by atoms with Crippen molar-refractivity contribution in [1.82, 2.24) is 5.32 Å². The van der Waals surface area contributed by atoms with Crippen molar-refractivity contribution < 1.29 is 19.1 Å². The van der Waals surface area contributed by atoms with Gasteiger partial charge in [0.1, 0.15) is 12.3 Å². The average Bonchev–Trinajstić information content (AvgIpc) is 2.86. The number of rotatable bonds is 8. The molecule has 3 aromatic rings. The van der Waals surface area contributed by atoms with E-state index in [-0.39, 0.29) is 30.2 Å². The quantitative estimate of drug-likeness (QED) is 0.503. The molecule has 4 rings (SSSR count). The summed E-state index contributed by atoms with van der Waals surface area (Å²) >= 11 is 0. The van der Waals surface area contributed by atoms with Crippen molar-refractivity contribution in [2.75, 3.05) is 18.6 Å². The van der Waals surface area contributed by atoms with Gasteiger partial charge in [0.2, 0.25) is 5.91 Å². The predicted molar refractivity (Wildman–Crippen MR) is 133 cm³/mol. The lowest BCUT2D eigenvalue weighted by Crippen LogP contribution is -2.46. The molecule has 1 unspecified atom stereocenters. The number of methoxy groups -OCH3 is 1. The highest BCUT2D eigenvalue weighted by molar-refractivity contribution is 6.12. The lowest BCUT2D eigenvalue weighted by Gasteiger charge is -2.30. The third-order valence-corrected chi connectivity index (χ3v) is 5.64. The fourth-order valence-corrected chi connectivity index (χ4v) is 3.87. The average molecular weight is 457 g/mol. The summed E-state index contributed by atoms with van der Waals surface area (Å²) in [6.45, 7) is 1.88. The molecule has 0 bridgehead atoms. The first-order valence-corrected chi connectivity index (χ1v) is 11.3. The molecule has 34 heavy (non-hydrogen) atoms. The van der Waals surface area contributed by atoms with Crippen LogP contribution >= 0.6 is 0 Å². The van der Waals surface area contributed by atoms with Crippen molar-refractivity contribution in [3.63, 3.8) is 0 Å². The van der Waals surface area contributed by atoms with Gasteiger partial charge in [0, 0.05) is 6.04 Å². The molecule has 174 valence electrons. The van der Waals surface area contributed by atoms with Gasteiger partial charge in [0.25, 0.3) is 5.91 Å². The Morgan fingerprint density at radius 2 is 1.82 bits per heavy atom. The van der Waals surface area contributed by atoms with Crippen LogP contribution < -0.4 is 19.7 Å². The maximum atomic E-state index is 13.3. The molecule has 6 nitrogen and oxygen atoms in total. The number of benzene rings is 3. The standard InChI is InChI=1S/C28H28N2O4/c1-20(15-16-21-9-4-3-5-10-21)29-27(31)19-30-24-13-6-7-14-25(24)34-26(28(30)32)18-22-11-8-12-23(17-22)33-2/h3-14,17-18,20H,15-16,19H2,1-2H3,(H,29,31)/b26-18-. The van der Waals surface area contributed by atoms with Gasteiger partial charge in [-0.2, -0.15) is 0 Å². The van der Waals surface area contributed by atoms with Gasteiger partial charge in [0.15, 0.2) is 11.5 Å². The number of ether oxygens (including phenoxy) is 2. The van der Waals surface area contributed by atoms with Gasteiger partial charge in [-0.15, -0.1) is 0 Å². The molecule has 1 atom stereocenters. The number of carbonyl (C=O) groups is 2. The number of amides is 2. The molecule has 2 amide bonds. The molecule has 0 saturated heterocycles. The maximum Gasteiger partial charge on any atom is 0.294 e. The predicted octanol–water partition coefficient (Wildman–Crippen LogP) is 4.60. The maximum absolute atomic E-state index is 13.3. The molecule has 3 aromatic carbocycles. The molecule has 1 aliphatic rings. The second kappa shape index (κ2) is 10.7. The summed E-state index contributed by atoms with van der Waals surface area (Å²) in [7, 11) is 1.59. The van der Waals surface area contributed by atoms with E-state index in [1.165, 1.54) is 10.5 Å². The van der Waals surface area contributed by atoms with Crippen LogP contribution in [0.1, 0.15) is 24.5 Å². The Balaban J connectivity index is 1.47. The molecule has 0 spiro atoms. The van der Waals surface area contributed by atoms with Crippen LogP contribution in [0.3, 0.4) is 0 Å². The van der Waals surface area contributed by atoms with E-state index in [4.69, 9.17) is 9.47 Å². The molecular formula is C28H28N2O4. The molecular weight excluding hydrogens is 428 g/mol. The van der Waals surface area contributed by atoms with E-state index in [1.807, 2.05) is 61.5 Å². The minimum Gasteiger partial charge on any atom is -0.497 e. The zero-order valence-electron chi connectivity index (χ0n) is 19.4. The molecule has 1 aliphatic heterocycles. The SMILES string of the molecule is COc1cccc(/C=C2\Oc3ccccc3N(CC(=O)NC(C)CCc3ccccc3)C2=O)c1. The van der Waals surface area contributed by atoms with E-state index in [0.717, 1.165) is 18.4 Å². The summed E-state index contributed by atoms with van der Waals surface area (Å²) in [6, 6.07) is 24.7. The minimum absolute atomic E-state index is 0.0223. The Labute approximate surface area is 199 Å². The number of para-hydroxylation sites is 2. The second-order valence-electron chi connectivity index (χ2n) is 8.24. The molecule has 1 N–H and O–H groups in total. The first-order chi connectivity index (χ1) is 16.5. The molecule has 0 aliphatic carbocycles. The first-order valence-electron chi connectivity index (χ1n) is 11.3. The molecule has 0 saturated carbocycles. The highest BCUT2D eigenvalue weighted by Crippen LogP contribution is 2.35. The molecule has 0 radical (unpaired) electrons. The van der Waals surface area contributed by atoms with Gasteiger partial charge in [-0.1, -0.05) is 54.6 Å². The van der Waals surface area contributed by atoms with Crippen molar-refractivity contribution in [3.8, 4) is 11.5 Å². The smallest absolute Gasteiger partial charge is 0.294 e. The lowest BCUT2D eigenvalue weighted by atomic mass is 10.1. The minimum atomic E-state index is -0.367.